The summed E-state index contributed by atoms with van der Waals surface area (Å²) in [4.78, 5) is 26.5. The zero-order valence-corrected chi connectivity index (χ0v) is 19.3. The average Bonchev–Trinajstić information content (AvgIpc) is 2.84. The maximum absolute atomic E-state index is 13.6. The van der Waals surface area contributed by atoms with Crippen LogP contribution < -0.4 is 24.4 Å². The molecule has 2 aromatic rings. The molecule has 1 N–H and O–H groups in total. The quantitative estimate of drug-likeness (QED) is 0.495. The summed E-state index contributed by atoms with van der Waals surface area (Å²) in [5.41, 5.74) is 1.24. The number of anilines is 2. The molecule has 1 amide bonds. The molecule has 0 spiro atoms. The third kappa shape index (κ3) is 6.98. The molecule has 184 valence electrons. The molecule has 10 heteroatoms. The van der Waals surface area contributed by atoms with Gasteiger partial charge in [-0.3, -0.25) is 4.79 Å². The van der Waals surface area contributed by atoms with Gasteiger partial charge < -0.3 is 33.9 Å². The van der Waals surface area contributed by atoms with E-state index in [-0.39, 0.29) is 5.75 Å². The van der Waals surface area contributed by atoms with Crippen LogP contribution in [0.1, 0.15) is 13.8 Å². The highest BCUT2D eigenvalue weighted by Crippen LogP contribution is 2.39. The molecule has 3 rings (SSSR count). The van der Waals surface area contributed by atoms with Crippen LogP contribution in [0, 0.1) is 5.82 Å². The number of esters is 1. The number of hydrogen-bond donors (Lipinski definition) is 1. The van der Waals surface area contributed by atoms with E-state index in [2.05, 4.69) is 10.2 Å². The maximum Gasteiger partial charge on any atom is 0.344 e. The van der Waals surface area contributed by atoms with E-state index >= 15 is 0 Å². The lowest BCUT2D eigenvalue weighted by atomic mass is 10.2. The van der Waals surface area contributed by atoms with E-state index < -0.39 is 30.9 Å². The fraction of sp³-hybridized carbons (Fsp3) is 0.417. The van der Waals surface area contributed by atoms with Gasteiger partial charge in [-0.1, -0.05) is 12.1 Å². The lowest BCUT2D eigenvalue weighted by Crippen LogP contribution is -2.36. The van der Waals surface area contributed by atoms with Crippen LogP contribution in [0.3, 0.4) is 0 Å². The first kappa shape index (κ1) is 25.1. The van der Waals surface area contributed by atoms with Crippen molar-refractivity contribution in [3.05, 3.63) is 42.2 Å². The largest absolute Gasteiger partial charge is 0.492 e. The Morgan fingerprint density at radius 1 is 0.971 bits per heavy atom. The minimum atomic E-state index is -0.805. The van der Waals surface area contributed by atoms with Gasteiger partial charge in [0.1, 0.15) is 11.5 Å². The van der Waals surface area contributed by atoms with Crippen molar-refractivity contribution in [1.29, 1.82) is 0 Å². The van der Waals surface area contributed by atoms with Crippen molar-refractivity contribution in [2.45, 2.75) is 13.8 Å². The van der Waals surface area contributed by atoms with E-state index in [0.29, 0.717) is 56.7 Å². The standard InChI is InChI=1S/C24H29FN2O7/c1-3-31-21-14-19(27-9-11-30-12-10-27)22(32-4-2)13-18(21)26-23(28)15-34-24(29)16-33-20-8-6-5-7-17(20)25/h5-8,13-14H,3-4,9-12,15-16H2,1-2H3,(H,26,28). The third-order valence-corrected chi connectivity index (χ3v) is 4.83. The van der Waals surface area contributed by atoms with Crippen molar-refractivity contribution in [2.75, 3.05) is 62.9 Å². The summed E-state index contributed by atoms with van der Waals surface area (Å²) >= 11 is 0. The topological polar surface area (TPSA) is 95.6 Å². The molecule has 0 bridgehead atoms. The van der Waals surface area contributed by atoms with Crippen LogP contribution in [-0.4, -0.2) is 64.6 Å². The summed E-state index contributed by atoms with van der Waals surface area (Å²) < 4.78 is 40.6. The number of carbonyl (C=O) groups excluding carboxylic acids is 2. The summed E-state index contributed by atoms with van der Waals surface area (Å²) in [6.45, 7) is 6.13. The number of nitrogens with zero attached hydrogens (tertiary/aromatic N) is 1. The van der Waals surface area contributed by atoms with E-state index in [0.717, 1.165) is 5.69 Å². The number of ether oxygens (including phenoxy) is 5. The zero-order chi connectivity index (χ0) is 24.3. The molecule has 1 saturated heterocycles. The van der Waals surface area contributed by atoms with Gasteiger partial charge in [-0.25, -0.2) is 9.18 Å². The fourth-order valence-electron chi connectivity index (χ4n) is 3.32. The van der Waals surface area contributed by atoms with Gasteiger partial charge in [0.05, 0.1) is 37.8 Å². The monoisotopic (exact) mass is 476 g/mol. The molecule has 0 atom stereocenters. The third-order valence-electron chi connectivity index (χ3n) is 4.83. The molecule has 1 aliphatic heterocycles. The lowest BCUT2D eigenvalue weighted by Gasteiger charge is -2.31. The van der Waals surface area contributed by atoms with E-state index in [1.807, 2.05) is 19.9 Å². The van der Waals surface area contributed by atoms with E-state index in [1.54, 1.807) is 12.1 Å². The summed E-state index contributed by atoms with van der Waals surface area (Å²) in [5.74, 6) is -0.979. The number of nitrogens with one attached hydrogen (secondary N) is 1. The second-order valence-electron chi connectivity index (χ2n) is 7.21. The molecule has 0 aliphatic carbocycles. The fourth-order valence-corrected chi connectivity index (χ4v) is 3.32. The summed E-state index contributed by atoms with van der Waals surface area (Å²) in [6.07, 6.45) is 0. The SMILES string of the molecule is CCOc1cc(N2CCOCC2)c(OCC)cc1NC(=O)COC(=O)COc1ccccc1F. The molecular weight excluding hydrogens is 447 g/mol. The van der Waals surface area contributed by atoms with Crippen molar-refractivity contribution < 1.29 is 37.7 Å². The van der Waals surface area contributed by atoms with Gasteiger partial charge >= 0.3 is 5.97 Å². The Balaban J connectivity index is 1.63. The predicted molar refractivity (Wildman–Crippen MR) is 123 cm³/mol. The Morgan fingerprint density at radius 3 is 2.38 bits per heavy atom. The number of benzene rings is 2. The van der Waals surface area contributed by atoms with Crippen molar-refractivity contribution in [2.24, 2.45) is 0 Å². The first-order chi connectivity index (χ1) is 16.5. The lowest BCUT2D eigenvalue weighted by molar-refractivity contribution is -0.149. The van der Waals surface area contributed by atoms with Gasteiger partial charge in [0.25, 0.3) is 5.91 Å². The summed E-state index contributed by atoms with van der Waals surface area (Å²) in [7, 11) is 0. The van der Waals surface area contributed by atoms with Crippen LogP contribution in [0.15, 0.2) is 36.4 Å². The molecule has 9 nitrogen and oxygen atoms in total. The number of para-hydroxylation sites is 1. The number of amides is 1. The van der Waals surface area contributed by atoms with E-state index in [1.165, 1.54) is 18.2 Å². The van der Waals surface area contributed by atoms with Crippen LogP contribution in [0.25, 0.3) is 0 Å². The highest BCUT2D eigenvalue weighted by molar-refractivity contribution is 5.95. The minimum absolute atomic E-state index is 0.0749. The van der Waals surface area contributed by atoms with Gasteiger partial charge in [-0.2, -0.15) is 0 Å². The van der Waals surface area contributed by atoms with Crippen molar-refractivity contribution >= 4 is 23.3 Å². The van der Waals surface area contributed by atoms with Gasteiger partial charge in [0.15, 0.2) is 24.8 Å². The minimum Gasteiger partial charge on any atom is -0.492 e. The van der Waals surface area contributed by atoms with Gasteiger partial charge in [0.2, 0.25) is 0 Å². The number of halogens is 1. The van der Waals surface area contributed by atoms with Crippen molar-refractivity contribution in [3.8, 4) is 17.2 Å². The Labute approximate surface area is 197 Å². The molecule has 0 radical (unpaired) electrons. The molecule has 1 fully saturated rings. The molecule has 2 aromatic carbocycles. The number of carbonyl (C=O) groups is 2. The Hall–Kier alpha value is -3.53. The zero-order valence-electron chi connectivity index (χ0n) is 19.3. The summed E-state index contributed by atoms with van der Waals surface area (Å²) in [5, 5.41) is 2.70. The van der Waals surface area contributed by atoms with Crippen LogP contribution in [0.5, 0.6) is 17.2 Å². The van der Waals surface area contributed by atoms with E-state index in [9.17, 15) is 14.0 Å². The van der Waals surface area contributed by atoms with Crippen molar-refractivity contribution in [1.82, 2.24) is 0 Å². The van der Waals surface area contributed by atoms with Crippen LogP contribution in [0.4, 0.5) is 15.8 Å². The second kappa shape index (κ2) is 12.6. The van der Waals surface area contributed by atoms with Gasteiger partial charge in [-0.05, 0) is 26.0 Å². The smallest absolute Gasteiger partial charge is 0.344 e. The molecule has 34 heavy (non-hydrogen) atoms. The number of hydrogen-bond acceptors (Lipinski definition) is 8. The maximum atomic E-state index is 13.6. The molecule has 0 unspecified atom stereocenters. The molecule has 0 aromatic heterocycles. The van der Waals surface area contributed by atoms with Crippen molar-refractivity contribution in [3.63, 3.8) is 0 Å². The van der Waals surface area contributed by atoms with Crippen LogP contribution in [-0.2, 0) is 19.1 Å². The predicted octanol–water partition coefficient (Wildman–Crippen LogP) is 3.02. The van der Waals surface area contributed by atoms with Gasteiger partial charge in [-0.15, -0.1) is 0 Å². The highest BCUT2D eigenvalue weighted by Gasteiger charge is 2.21. The normalized spacial score (nSPS) is 13.2. The second-order valence-corrected chi connectivity index (χ2v) is 7.21. The first-order valence-electron chi connectivity index (χ1n) is 11.1. The number of rotatable bonds is 11. The summed E-state index contributed by atoms with van der Waals surface area (Å²) in [6, 6.07) is 9.20. The van der Waals surface area contributed by atoms with E-state index in [4.69, 9.17) is 23.7 Å². The number of morpholine rings is 1. The molecular formula is C24H29FN2O7. The average molecular weight is 477 g/mol. The van der Waals surface area contributed by atoms with Gasteiger partial charge in [0, 0.05) is 25.2 Å². The molecule has 1 heterocycles. The molecule has 1 aliphatic rings. The Bertz CT molecular complexity index is 980. The Morgan fingerprint density at radius 2 is 1.68 bits per heavy atom. The highest BCUT2D eigenvalue weighted by atomic mass is 19.1. The molecule has 0 saturated carbocycles. The Kier molecular flexibility index (Phi) is 9.33. The van der Waals surface area contributed by atoms with Crippen LogP contribution in [0.2, 0.25) is 0 Å². The first-order valence-corrected chi connectivity index (χ1v) is 11.1. The van der Waals surface area contributed by atoms with Crippen LogP contribution >= 0.6 is 0 Å².